The molecule has 1 aromatic rings. The number of nitrogens with one attached hydrogen (secondary N) is 1. The minimum atomic E-state index is -0.702. The number of carbonyl (C=O) groups excluding carboxylic acids is 1. The fourth-order valence-corrected chi connectivity index (χ4v) is 1.42. The zero-order chi connectivity index (χ0) is 11.0. The van der Waals surface area contributed by atoms with E-state index in [0.29, 0.717) is 5.56 Å². The number of ether oxygens (including phenoxy) is 1. The SMILES string of the molecule is CC1Oc2c(F)cc(CO)cc2NC1=O. The fourth-order valence-electron chi connectivity index (χ4n) is 1.42. The van der Waals surface area contributed by atoms with Crippen LogP contribution in [0.5, 0.6) is 5.75 Å². The Morgan fingerprint density at radius 2 is 2.33 bits per heavy atom. The summed E-state index contributed by atoms with van der Waals surface area (Å²) >= 11 is 0. The summed E-state index contributed by atoms with van der Waals surface area (Å²) in [5, 5.41) is 11.4. The van der Waals surface area contributed by atoms with Gasteiger partial charge in [-0.2, -0.15) is 0 Å². The molecule has 4 nitrogen and oxygen atoms in total. The van der Waals surface area contributed by atoms with Gasteiger partial charge in [0.25, 0.3) is 5.91 Å². The lowest BCUT2D eigenvalue weighted by molar-refractivity contribution is -0.122. The Kier molecular flexibility index (Phi) is 2.32. The van der Waals surface area contributed by atoms with Crippen molar-refractivity contribution in [1.29, 1.82) is 0 Å². The normalized spacial score (nSPS) is 19.1. The molecule has 0 fully saturated rings. The molecule has 0 saturated carbocycles. The van der Waals surface area contributed by atoms with Crippen molar-refractivity contribution in [3.63, 3.8) is 0 Å². The van der Waals surface area contributed by atoms with Crippen LogP contribution in [0.25, 0.3) is 0 Å². The third kappa shape index (κ3) is 1.66. The van der Waals surface area contributed by atoms with Crippen LogP contribution in [0.4, 0.5) is 10.1 Å². The Labute approximate surface area is 85.7 Å². The average Bonchev–Trinajstić information content (AvgIpc) is 2.21. The maximum absolute atomic E-state index is 13.4. The Morgan fingerprint density at radius 3 is 3.00 bits per heavy atom. The number of halogens is 1. The molecule has 1 aliphatic heterocycles. The molecule has 15 heavy (non-hydrogen) atoms. The van der Waals surface area contributed by atoms with Crippen LogP contribution < -0.4 is 10.1 Å². The van der Waals surface area contributed by atoms with Gasteiger partial charge in [-0.15, -0.1) is 0 Å². The first-order valence-electron chi connectivity index (χ1n) is 4.52. The Hall–Kier alpha value is -1.62. The van der Waals surface area contributed by atoms with E-state index in [1.54, 1.807) is 0 Å². The number of hydrogen-bond donors (Lipinski definition) is 2. The molecule has 0 bridgehead atoms. The molecule has 2 rings (SSSR count). The molecule has 5 heteroatoms. The fraction of sp³-hybridized carbons (Fsp3) is 0.300. The highest BCUT2D eigenvalue weighted by molar-refractivity contribution is 5.97. The van der Waals surface area contributed by atoms with Crippen molar-refractivity contribution in [2.45, 2.75) is 19.6 Å². The van der Waals surface area contributed by atoms with Gasteiger partial charge in [-0.25, -0.2) is 4.39 Å². The van der Waals surface area contributed by atoms with Gasteiger partial charge in [0.1, 0.15) is 0 Å². The topological polar surface area (TPSA) is 58.6 Å². The Bertz CT molecular complexity index is 419. The number of benzene rings is 1. The number of aliphatic hydroxyl groups excluding tert-OH is 1. The summed E-state index contributed by atoms with van der Waals surface area (Å²) in [4.78, 5) is 11.2. The molecule has 0 saturated heterocycles. The lowest BCUT2D eigenvalue weighted by atomic mass is 10.1. The zero-order valence-corrected chi connectivity index (χ0v) is 8.08. The molecule has 1 amide bonds. The van der Waals surface area contributed by atoms with Crippen molar-refractivity contribution >= 4 is 11.6 Å². The quantitative estimate of drug-likeness (QED) is 0.729. The third-order valence-electron chi connectivity index (χ3n) is 2.21. The summed E-state index contributed by atoms with van der Waals surface area (Å²) in [5.74, 6) is -0.875. The minimum Gasteiger partial charge on any atom is -0.476 e. The van der Waals surface area contributed by atoms with E-state index < -0.39 is 11.9 Å². The van der Waals surface area contributed by atoms with Gasteiger partial charge in [0.15, 0.2) is 17.7 Å². The van der Waals surface area contributed by atoms with Gasteiger partial charge in [-0.05, 0) is 24.6 Å². The largest absolute Gasteiger partial charge is 0.476 e. The molecule has 0 aliphatic carbocycles. The van der Waals surface area contributed by atoms with Crippen molar-refractivity contribution in [2.75, 3.05) is 5.32 Å². The molecule has 1 aromatic carbocycles. The van der Waals surface area contributed by atoms with E-state index in [2.05, 4.69) is 5.32 Å². The van der Waals surface area contributed by atoms with Crippen molar-refractivity contribution in [3.05, 3.63) is 23.5 Å². The summed E-state index contributed by atoms with van der Waals surface area (Å²) < 4.78 is 18.5. The second-order valence-electron chi connectivity index (χ2n) is 3.36. The summed E-state index contributed by atoms with van der Waals surface area (Å²) in [5.41, 5.74) is 0.659. The van der Waals surface area contributed by atoms with Gasteiger partial charge in [-0.1, -0.05) is 0 Å². The molecule has 0 aromatic heterocycles. The lowest BCUT2D eigenvalue weighted by Crippen LogP contribution is -2.34. The van der Waals surface area contributed by atoms with Gasteiger partial charge < -0.3 is 15.2 Å². The van der Waals surface area contributed by atoms with E-state index >= 15 is 0 Å². The predicted octanol–water partition coefficient (Wildman–Crippen LogP) is 1.04. The Morgan fingerprint density at radius 1 is 1.60 bits per heavy atom. The minimum absolute atomic E-state index is 0.0271. The van der Waals surface area contributed by atoms with Gasteiger partial charge >= 0.3 is 0 Å². The summed E-state index contributed by atoms with van der Waals surface area (Å²) in [7, 11) is 0. The highest BCUT2D eigenvalue weighted by Gasteiger charge is 2.26. The van der Waals surface area contributed by atoms with Crippen LogP contribution in [-0.4, -0.2) is 17.1 Å². The monoisotopic (exact) mass is 211 g/mol. The van der Waals surface area contributed by atoms with Crippen LogP contribution in [0.15, 0.2) is 12.1 Å². The van der Waals surface area contributed by atoms with E-state index in [1.165, 1.54) is 19.1 Å². The van der Waals surface area contributed by atoms with Crippen molar-refractivity contribution in [2.24, 2.45) is 0 Å². The smallest absolute Gasteiger partial charge is 0.265 e. The van der Waals surface area contributed by atoms with Crippen LogP contribution in [0.3, 0.4) is 0 Å². The van der Waals surface area contributed by atoms with Gasteiger partial charge in [0.2, 0.25) is 0 Å². The Balaban J connectivity index is 2.48. The number of aliphatic hydroxyl groups is 1. The first kappa shape index (κ1) is 9.92. The van der Waals surface area contributed by atoms with Gasteiger partial charge in [-0.3, -0.25) is 4.79 Å². The van der Waals surface area contributed by atoms with E-state index in [1.807, 2.05) is 0 Å². The van der Waals surface area contributed by atoms with Crippen LogP contribution in [0.2, 0.25) is 0 Å². The molecule has 1 aliphatic rings. The molecule has 1 atom stereocenters. The molecule has 80 valence electrons. The second kappa shape index (κ2) is 3.51. The number of anilines is 1. The summed E-state index contributed by atoms with van der Waals surface area (Å²) in [6.45, 7) is 1.26. The van der Waals surface area contributed by atoms with Crippen LogP contribution >= 0.6 is 0 Å². The first-order valence-corrected chi connectivity index (χ1v) is 4.52. The highest BCUT2D eigenvalue weighted by atomic mass is 19.1. The second-order valence-corrected chi connectivity index (χ2v) is 3.36. The summed E-state index contributed by atoms with van der Waals surface area (Å²) in [6, 6.07) is 2.67. The zero-order valence-electron chi connectivity index (χ0n) is 8.08. The van der Waals surface area contributed by atoms with E-state index in [0.717, 1.165) is 0 Å². The highest BCUT2D eigenvalue weighted by Crippen LogP contribution is 2.33. The molecule has 0 spiro atoms. The molecule has 1 unspecified atom stereocenters. The first-order chi connectivity index (χ1) is 7.11. The van der Waals surface area contributed by atoms with Crippen LogP contribution in [-0.2, 0) is 11.4 Å². The standard InChI is InChI=1S/C10H10FNO3/c1-5-10(14)12-8-3-6(4-13)2-7(11)9(8)15-5/h2-3,5,13H,4H2,1H3,(H,12,14). The molecular weight excluding hydrogens is 201 g/mol. The predicted molar refractivity (Wildman–Crippen MR) is 51.0 cm³/mol. The summed E-state index contributed by atoms with van der Waals surface area (Å²) in [6.07, 6.45) is -0.702. The number of amides is 1. The number of carbonyl (C=O) groups is 1. The van der Waals surface area contributed by atoms with Crippen molar-refractivity contribution in [1.82, 2.24) is 0 Å². The van der Waals surface area contributed by atoms with Crippen molar-refractivity contribution < 1.29 is 19.0 Å². The van der Waals surface area contributed by atoms with E-state index in [-0.39, 0.29) is 24.0 Å². The number of rotatable bonds is 1. The van der Waals surface area contributed by atoms with Crippen LogP contribution in [0, 0.1) is 5.82 Å². The molecule has 1 heterocycles. The van der Waals surface area contributed by atoms with E-state index in [4.69, 9.17) is 9.84 Å². The molecular formula is C10H10FNO3. The van der Waals surface area contributed by atoms with E-state index in [9.17, 15) is 9.18 Å². The van der Waals surface area contributed by atoms with Gasteiger partial charge in [0.05, 0.1) is 12.3 Å². The third-order valence-corrected chi connectivity index (χ3v) is 2.21. The van der Waals surface area contributed by atoms with Crippen LogP contribution in [0.1, 0.15) is 12.5 Å². The average molecular weight is 211 g/mol. The van der Waals surface area contributed by atoms with Crippen molar-refractivity contribution in [3.8, 4) is 5.75 Å². The molecule has 0 radical (unpaired) electrons. The van der Waals surface area contributed by atoms with Gasteiger partial charge in [0, 0.05) is 0 Å². The number of hydrogen-bond acceptors (Lipinski definition) is 3. The maximum atomic E-state index is 13.4. The number of fused-ring (bicyclic) bond motifs is 1. The maximum Gasteiger partial charge on any atom is 0.265 e. The molecule has 2 N–H and O–H groups in total. The lowest BCUT2D eigenvalue weighted by Gasteiger charge is -2.24.